The second-order valence-electron chi connectivity index (χ2n) is 6.34. The topological polar surface area (TPSA) is 67.4 Å². The number of halogens is 6. The fraction of sp³-hybridized carbons (Fsp3) is 0.300. The van der Waals surface area contributed by atoms with Crippen molar-refractivity contribution in [1.82, 2.24) is 10.6 Å². The van der Waals surface area contributed by atoms with Gasteiger partial charge in [-0.05, 0) is 25.0 Å². The Morgan fingerprint density at radius 1 is 0.903 bits per heavy atom. The maximum atomic E-state index is 12.1. The average molecular weight is 775 g/mol. The van der Waals surface area contributed by atoms with Gasteiger partial charge in [0, 0.05) is 13.1 Å². The third-order valence-electron chi connectivity index (χ3n) is 3.92. The molecule has 5 nitrogen and oxygen atoms in total. The summed E-state index contributed by atoms with van der Waals surface area (Å²) in [4.78, 5) is 22.8. The molecule has 0 aliphatic heterocycles. The Kier molecular flexibility index (Phi) is 13.0. The van der Waals surface area contributed by atoms with Crippen LogP contribution in [-0.4, -0.2) is 31.3 Å². The maximum absolute atomic E-state index is 12.1. The van der Waals surface area contributed by atoms with Gasteiger partial charge in [0.2, 0.25) is 0 Å². The Labute approximate surface area is 208 Å². The van der Waals surface area contributed by atoms with E-state index in [1.165, 1.54) is 0 Å². The number of ether oxygens (including phenoxy) is 1. The number of benzene rings is 2. The normalized spacial score (nSPS) is 10.8. The summed E-state index contributed by atoms with van der Waals surface area (Å²) in [6.07, 6.45) is -6.43. The Morgan fingerprint density at radius 3 is 1.68 bits per heavy atom. The van der Waals surface area contributed by atoms with E-state index >= 15 is 0 Å². The zero-order chi connectivity index (χ0) is 23.4. The monoisotopic (exact) mass is 775 g/mol. The van der Waals surface area contributed by atoms with Gasteiger partial charge in [-0.3, -0.25) is 4.79 Å². The predicted molar refractivity (Wildman–Crippen MR) is 126 cm³/mol. The van der Waals surface area contributed by atoms with Gasteiger partial charge in [-0.25, -0.2) is 4.79 Å². The first-order valence-corrected chi connectivity index (χ1v) is 21.4. The van der Waals surface area contributed by atoms with Crippen molar-refractivity contribution in [3.8, 4) is 0 Å². The molecule has 0 bridgehead atoms. The molecule has 0 aliphatic carbocycles. The molecule has 0 heterocycles. The van der Waals surface area contributed by atoms with Crippen LogP contribution in [0.25, 0.3) is 0 Å². The van der Waals surface area contributed by atoms with E-state index < -0.39 is 24.3 Å². The number of amides is 2. The molecular weight excluding hydrogens is 754 g/mol. The number of alkyl halides is 3. The van der Waals surface area contributed by atoms with Gasteiger partial charge >= 0.3 is 68.7 Å². The Morgan fingerprint density at radius 2 is 1.29 bits per heavy atom. The van der Waals surface area contributed by atoms with Gasteiger partial charge in [0.15, 0.2) is 6.10 Å². The molecular formula is C20H21F3I3N2O3-. The van der Waals surface area contributed by atoms with E-state index in [1.807, 2.05) is 62.4 Å². The summed E-state index contributed by atoms with van der Waals surface area (Å²) in [5, 5.41) is 4.01. The van der Waals surface area contributed by atoms with Crippen LogP contribution in [-0.2, 0) is 9.53 Å². The zero-order valence-corrected chi connectivity index (χ0v) is 23.1. The molecule has 2 amide bonds. The summed E-state index contributed by atoms with van der Waals surface area (Å²) in [5.74, 6) is -2.06. The summed E-state index contributed by atoms with van der Waals surface area (Å²) in [5.41, 5.74) is 3.62. The molecule has 2 N–H and O–H groups in total. The van der Waals surface area contributed by atoms with Crippen molar-refractivity contribution in [2.75, 3.05) is 13.1 Å². The second kappa shape index (κ2) is 14.3. The summed E-state index contributed by atoms with van der Waals surface area (Å²) < 4.78 is 41.8. The van der Waals surface area contributed by atoms with Crippen molar-refractivity contribution in [3.63, 3.8) is 0 Å². The number of alkyl carbamates (subject to hydrolysis) is 1. The molecule has 0 fully saturated rings. The summed E-state index contributed by atoms with van der Waals surface area (Å²) >= 11 is 5.30. The molecule has 2 aromatic rings. The van der Waals surface area contributed by atoms with Gasteiger partial charge in [0.05, 0.1) is 0 Å². The first-order valence-electron chi connectivity index (χ1n) is 8.88. The number of aryl methyl sites for hydroxylation is 2. The zero-order valence-electron chi connectivity index (χ0n) is 16.6. The van der Waals surface area contributed by atoms with Crippen LogP contribution in [0.5, 0.6) is 0 Å². The first-order chi connectivity index (χ1) is 14.6. The van der Waals surface area contributed by atoms with Crippen LogP contribution in [0.4, 0.5) is 18.0 Å². The van der Waals surface area contributed by atoms with Gasteiger partial charge in [-0.1, -0.05) is 59.7 Å². The van der Waals surface area contributed by atoms with Crippen molar-refractivity contribution >= 4 is 49.2 Å². The van der Waals surface area contributed by atoms with Crippen LogP contribution in [0.2, 0.25) is 0 Å². The van der Waals surface area contributed by atoms with Crippen LogP contribution in [0, 0.1) is 13.8 Å². The standard InChI is InChI=1S/C20H21F3N2O3.I3/c1-13-3-7-15(8-4-13)17(16-9-5-14(2)6-10-16)28-19(27)25-12-11-24-18(26)20(21,22)23;1-3-2/h3-10,17H,11-12H2,1-2H3,(H,24,26)(H,25,27);/q;-1. The molecule has 2 rings (SSSR count). The number of carbonyl (C=O) groups excluding carboxylic acids is 2. The van der Waals surface area contributed by atoms with Gasteiger partial charge < -0.3 is 15.4 Å². The minimum absolute atomic E-state index is 0.199. The van der Waals surface area contributed by atoms with Crippen molar-refractivity contribution in [2.45, 2.75) is 26.1 Å². The van der Waals surface area contributed by atoms with E-state index in [9.17, 15) is 22.8 Å². The van der Waals surface area contributed by atoms with E-state index in [0.717, 1.165) is 22.3 Å². The molecule has 0 atom stereocenters. The van der Waals surface area contributed by atoms with Crippen LogP contribution in [0.15, 0.2) is 48.5 Å². The van der Waals surface area contributed by atoms with Crippen LogP contribution < -0.4 is 23.9 Å². The van der Waals surface area contributed by atoms with Gasteiger partial charge in [0.25, 0.3) is 0 Å². The molecule has 0 saturated heterocycles. The van der Waals surface area contributed by atoms with Crippen LogP contribution in [0.3, 0.4) is 0 Å². The molecule has 0 radical (unpaired) electrons. The minimum atomic E-state index is -4.96. The Hall–Kier alpha value is -0.840. The van der Waals surface area contributed by atoms with Crippen LogP contribution >= 0.6 is 37.2 Å². The fourth-order valence-corrected chi connectivity index (χ4v) is 2.40. The number of nitrogens with one attached hydrogen (secondary N) is 2. The van der Waals surface area contributed by atoms with E-state index in [0.29, 0.717) is 13.3 Å². The number of rotatable bonds is 6. The summed E-state index contributed by atoms with van der Waals surface area (Å²) in [7, 11) is 0. The summed E-state index contributed by atoms with van der Waals surface area (Å²) in [6.45, 7) is 3.31. The number of hydrogen-bond donors (Lipinski definition) is 2. The molecule has 172 valence electrons. The predicted octanol–water partition coefficient (Wildman–Crippen LogP) is 2.57. The molecule has 0 aromatic heterocycles. The van der Waals surface area contributed by atoms with Crippen molar-refractivity contribution < 1.29 is 40.8 Å². The average Bonchev–Trinajstić information content (AvgIpc) is 2.71. The summed E-state index contributed by atoms with van der Waals surface area (Å²) in [6, 6.07) is 14.9. The van der Waals surface area contributed by atoms with Crippen molar-refractivity contribution in [1.29, 1.82) is 0 Å². The van der Waals surface area contributed by atoms with E-state index in [2.05, 4.69) is 42.5 Å². The second-order valence-corrected chi connectivity index (χ2v) is 22.6. The molecule has 0 saturated carbocycles. The van der Waals surface area contributed by atoms with E-state index in [-0.39, 0.29) is 13.1 Å². The third-order valence-corrected chi connectivity index (χ3v) is 3.92. The van der Waals surface area contributed by atoms with Crippen molar-refractivity contribution in [2.24, 2.45) is 0 Å². The SMILES string of the molecule is Cc1ccc(C(OC(=O)NCCNC(=O)C(F)(F)F)c2ccc(C)cc2)cc1.I[I-]I. The quantitative estimate of drug-likeness (QED) is 0.351. The Balaban J connectivity index is 0.00000151. The van der Waals surface area contributed by atoms with Gasteiger partial charge in [-0.2, -0.15) is 13.2 Å². The van der Waals surface area contributed by atoms with E-state index in [4.69, 9.17) is 4.74 Å². The molecule has 0 unspecified atom stereocenters. The first kappa shape index (κ1) is 28.2. The van der Waals surface area contributed by atoms with Crippen molar-refractivity contribution in [3.05, 3.63) is 70.8 Å². The molecule has 2 aromatic carbocycles. The van der Waals surface area contributed by atoms with Gasteiger partial charge in [-0.15, -0.1) is 0 Å². The fourth-order valence-electron chi connectivity index (χ4n) is 2.40. The molecule has 0 spiro atoms. The third kappa shape index (κ3) is 11.0. The van der Waals surface area contributed by atoms with Gasteiger partial charge in [0.1, 0.15) is 0 Å². The molecule has 31 heavy (non-hydrogen) atoms. The number of carbonyl (C=O) groups is 2. The Bertz CT molecular complexity index is 787. The molecule has 11 heteroatoms. The number of hydrogen-bond acceptors (Lipinski definition) is 3. The van der Waals surface area contributed by atoms with E-state index in [1.54, 1.807) is 5.32 Å². The molecule has 0 aliphatic rings. The van der Waals surface area contributed by atoms with Crippen LogP contribution in [0.1, 0.15) is 28.4 Å².